The topological polar surface area (TPSA) is 38.3 Å². The first-order chi connectivity index (χ1) is 6.02. The molecule has 0 saturated carbocycles. The Bertz CT molecular complexity index is 185. The summed E-state index contributed by atoms with van der Waals surface area (Å²) in [6, 6.07) is 0. The van der Waals surface area contributed by atoms with Gasteiger partial charge in [-0.1, -0.05) is 13.3 Å². The van der Waals surface area contributed by atoms with Gasteiger partial charge in [-0.15, -0.1) is 0 Å². The van der Waals surface area contributed by atoms with Crippen molar-refractivity contribution in [3.63, 3.8) is 0 Å². The van der Waals surface area contributed by atoms with Crippen molar-refractivity contribution in [2.24, 2.45) is 0 Å². The lowest BCUT2D eigenvalue weighted by molar-refractivity contribution is -0.134. The molecule has 0 aromatic heterocycles. The van der Waals surface area contributed by atoms with Gasteiger partial charge in [-0.05, 0) is 20.3 Å². The summed E-state index contributed by atoms with van der Waals surface area (Å²) in [5.74, 6) is -0.334. The molecule has 0 atom stereocenters. The van der Waals surface area contributed by atoms with E-state index in [0.717, 1.165) is 12.8 Å². The molecule has 13 heavy (non-hydrogen) atoms. The van der Waals surface area contributed by atoms with Crippen LogP contribution in [0.1, 0.15) is 33.6 Å². The van der Waals surface area contributed by atoms with Gasteiger partial charge in [-0.2, -0.15) is 0 Å². The molecule has 0 spiro atoms. The number of carbonyl (C=O) groups is 1. The van der Waals surface area contributed by atoms with Gasteiger partial charge in [-0.3, -0.25) is 0 Å². The summed E-state index contributed by atoms with van der Waals surface area (Å²) in [6.07, 6.45) is 5.21. The highest BCUT2D eigenvalue weighted by Gasteiger charge is 2.12. The zero-order chi connectivity index (χ0) is 10.3. The number of methoxy groups -OCH3 is 1. The van der Waals surface area contributed by atoms with Crippen LogP contribution in [0, 0.1) is 0 Å². The van der Waals surface area contributed by atoms with E-state index in [9.17, 15) is 4.79 Å². The molecule has 0 bridgehead atoms. The minimum Gasteiger partial charge on any atom is -0.466 e. The van der Waals surface area contributed by atoms with Crippen molar-refractivity contribution in [1.82, 2.24) is 5.32 Å². The molecule has 0 aromatic carbocycles. The summed E-state index contributed by atoms with van der Waals surface area (Å²) in [6.45, 7) is 6.32. The molecule has 76 valence electrons. The molecule has 0 aromatic rings. The Morgan fingerprint density at radius 1 is 1.54 bits per heavy atom. The lowest BCUT2D eigenvalue weighted by Crippen LogP contribution is -2.35. The van der Waals surface area contributed by atoms with Crippen molar-refractivity contribution in [2.75, 3.05) is 7.11 Å². The zero-order valence-corrected chi connectivity index (χ0v) is 8.89. The normalized spacial score (nSPS) is 11.7. The number of hydrogen-bond acceptors (Lipinski definition) is 3. The van der Waals surface area contributed by atoms with E-state index < -0.39 is 0 Å². The van der Waals surface area contributed by atoms with Crippen molar-refractivity contribution >= 4 is 5.97 Å². The Morgan fingerprint density at radius 3 is 2.62 bits per heavy atom. The second-order valence-electron chi connectivity index (χ2n) is 3.63. The second kappa shape index (κ2) is 5.62. The van der Waals surface area contributed by atoms with Crippen LogP contribution in [0.4, 0.5) is 0 Å². The predicted molar refractivity (Wildman–Crippen MR) is 53.3 cm³/mol. The SMILES string of the molecule is CCCC(C)(C)N/C=C/C(=O)OC. The van der Waals surface area contributed by atoms with Gasteiger partial charge < -0.3 is 10.1 Å². The molecule has 1 N–H and O–H groups in total. The summed E-state index contributed by atoms with van der Waals surface area (Å²) < 4.78 is 4.46. The highest BCUT2D eigenvalue weighted by molar-refractivity contribution is 5.81. The van der Waals surface area contributed by atoms with Crippen LogP contribution in [-0.4, -0.2) is 18.6 Å². The van der Waals surface area contributed by atoms with Gasteiger partial charge in [0.25, 0.3) is 0 Å². The smallest absolute Gasteiger partial charge is 0.331 e. The van der Waals surface area contributed by atoms with Crippen LogP contribution in [0.15, 0.2) is 12.3 Å². The minimum atomic E-state index is -0.334. The largest absolute Gasteiger partial charge is 0.466 e. The molecule has 0 radical (unpaired) electrons. The van der Waals surface area contributed by atoms with Crippen molar-refractivity contribution < 1.29 is 9.53 Å². The first-order valence-electron chi connectivity index (χ1n) is 4.54. The summed E-state index contributed by atoms with van der Waals surface area (Å²) in [4.78, 5) is 10.7. The summed E-state index contributed by atoms with van der Waals surface area (Å²) >= 11 is 0. The first-order valence-corrected chi connectivity index (χ1v) is 4.54. The van der Waals surface area contributed by atoms with E-state index in [0.29, 0.717) is 0 Å². The van der Waals surface area contributed by atoms with Gasteiger partial charge in [0, 0.05) is 17.8 Å². The van der Waals surface area contributed by atoms with Crippen molar-refractivity contribution in [2.45, 2.75) is 39.2 Å². The van der Waals surface area contributed by atoms with Crippen LogP contribution < -0.4 is 5.32 Å². The van der Waals surface area contributed by atoms with E-state index >= 15 is 0 Å². The van der Waals surface area contributed by atoms with Crippen molar-refractivity contribution in [1.29, 1.82) is 0 Å². The Balaban J connectivity index is 3.86. The molecule has 3 nitrogen and oxygen atoms in total. The molecule has 0 aliphatic carbocycles. The minimum absolute atomic E-state index is 0.0409. The Hall–Kier alpha value is -0.990. The molecule has 0 saturated heterocycles. The van der Waals surface area contributed by atoms with E-state index in [1.165, 1.54) is 13.2 Å². The standard InChI is InChI=1S/C10H19NO2/c1-5-7-10(2,3)11-8-6-9(12)13-4/h6,8,11H,5,7H2,1-4H3/b8-6+. The lowest BCUT2D eigenvalue weighted by Gasteiger charge is -2.24. The monoisotopic (exact) mass is 185 g/mol. The van der Waals surface area contributed by atoms with Crippen LogP contribution in [0.2, 0.25) is 0 Å². The van der Waals surface area contributed by atoms with Crippen LogP contribution in [0.3, 0.4) is 0 Å². The van der Waals surface area contributed by atoms with E-state index in [2.05, 4.69) is 30.8 Å². The number of carbonyl (C=O) groups excluding carboxylic acids is 1. The predicted octanol–water partition coefficient (Wildman–Crippen LogP) is 1.84. The first kappa shape index (κ1) is 12.0. The average molecular weight is 185 g/mol. The van der Waals surface area contributed by atoms with Crippen molar-refractivity contribution in [3.05, 3.63) is 12.3 Å². The molecule has 0 aliphatic heterocycles. The molecule has 0 amide bonds. The quantitative estimate of drug-likeness (QED) is 0.524. The Labute approximate surface area is 80.2 Å². The lowest BCUT2D eigenvalue weighted by atomic mass is 9.99. The Morgan fingerprint density at radius 2 is 2.15 bits per heavy atom. The third-order valence-corrected chi connectivity index (χ3v) is 1.77. The average Bonchev–Trinajstić information content (AvgIpc) is 2.03. The van der Waals surface area contributed by atoms with Crippen molar-refractivity contribution in [3.8, 4) is 0 Å². The fraction of sp³-hybridized carbons (Fsp3) is 0.700. The van der Waals surface area contributed by atoms with Crippen LogP contribution in [0.5, 0.6) is 0 Å². The van der Waals surface area contributed by atoms with E-state index in [1.807, 2.05) is 0 Å². The van der Waals surface area contributed by atoms with Gasteiger partial charge in [0.1, 0.15) is 0 Å². The third-order valence-electron chi connectivity index (χ3n) is 1.77. The van der Waals surface area contributed by atoms with Gasteiger partial charge >= 0.3 is 5.97 Å². The molecular formula is C10H19NO2. The van der Waals surface area contributed by atoms with E-state index in [1.54, 1.807) is 6.20 Å². The fourth-order valence-electron chi connectivity index (χ4n) is 1.10. The maximum Gasteiger partial charge on any atom is 0.331 e. The molecule has 0 aliphatic rings. The van der Waals surface area contributed by atoms with Gasteiger partial charge in [-0.25, -0.2) is 4.79 Å². The molecular weight excluding hydrogens is 166 g/mol. The second-order valence-corrected chi connectivity index (χ2v) is 3.63. The number of rotatable bonds is 5. The van der Waals surface area contributed by atoms with E-state index in [-0.39, 0.29) is 11.5 Å². The molecule has 0 heterocycles. The maximum atomic E-state index is 10.7. The van der Waals surface area contributed by atoms with Crippen LogP contribution in [0.25, 0.3) is 0 Å². The van der Waals surface area contributed by atoms with Gasteiger partial charge in [0.05, 0.1) is 7.11 Å². The fourth-order valence-corrected chi connectivity index (χ4v) is 1.10. The summed E-state index contributed by atoms with van der Waals surface area (Å²) in [7, 11) is 1.36. The van der Waals surface area contributed by atoms with E-state index in [4.69, 9.17) is 0 Å². The van der Waals surface area contributed by atoms with Crippen LogP contribution >= 0.6 is 0 Å². The maximum absolute atomic E-state index is 10.7. The molecule has 0 fully saturated rings. The highest BCUT2D eigenvalue weighted by atomic mass is 16.5. The number of ether oxygens (including phenoxy) is 1. The number of esters is 1. The number of hydrogen-bond donors (Lipinski definition) is 1. The molecule has 3 heteroatoms. The third kappa shape index (κ3) is 6.20. The van der Waals surface area contributed by atoms with Crippen LogP contribution in [-0.2, 0) is 9.53 Å². The zero-order valence-electron chi connectivity index (χ0n) is 8.89. The van der Waals surface area contributed by atoms with Gasteiger partial charge in [0.2, 0.25) is 0 Å². The number of nitrogens with one attached hydrogen (secondary N) is 1. The summed E-state index contributed by atoms with van der Waals surface area (Å²) in [5, 5.41) is 3.14. The Kier molecular flexibility index (Phi) is 5.19. The highest BCUT2D eigenvalue weighted by Crippen LogP contribution is 2.09. The molecule has 0 unspecified atom stereocenters. The summed E-state index contributed by atoms with van der Waals surface area (Å²) in [5.41, 5.74) is 0.0409. The molecule has 0 rings (SSSR count). The van der Waals surface area contributed by atoms with Gasteiger partial charge in [0.15, 0.2) is 0 Å².